The highest BCUT2D eigenvalue weighted by Crippen LogP contribution is 2.08. The summed E-state index contributed by atoms with van der Waals surface area (Å²) in [6.07, 6.45) is 1.10. The number of aromatic carboxylic acids is 1. The lowest BCUT2D eigenvalue weighted by Crippen LogP contribution is -2.27. The average molecular weight is 296 g/mol. The Balaban J connectivity index is 1.91. The van der Waals surface area contributed by atoms with Gasteiger partial charge in [-0.15, -0.1) is 5.10 Å². The minimum Gasteiger partial charge on any atom is -0.476 e. The molecule has 0 radical (unpaired) electrons. The number of halogens is 2. The second-order valence-electron chi connectivity index (χ2n) is 4.12. The average Bonchev–Trinajstić information content (AvgIpc) is 2.86. The van der Waals surface area contributed by atoms with Crippen molar-refractivity contribution < 1.29 is 23.5 Å². The summed E-state index contributed by atoms with van der Waals surface area (Å²) in [5.41, 5.74) is -0.151. The van der Waals surface area contributed by atoms with E-state index < -0.39 is 23.5 Å². The largest absolute Gasteiger partial charge is 0.476 e. The summed E-state index contributed by atoms with van der Waals surface area (Å²) in [6, 6.07) is 3.03. The Morgan fingerprint density at radius 3 is 2.71 bits per heavy atom. The van der Waals surface area contributed by atoms with Crippen LogP contribution < -0.4 is 5.32 Å². The standard InChI is InChI=1S/C12H10F2N4O3/c13-8-2-1-7(9(14)3-8)4-15-11(19)6-18-5-10(12(20)21)16-17-18/h1-3,5H,4,6H2,(H,15,19)(H,20,21). The lowest BCUT2D eigenvalue weighted by molar-refractivity contribution is -0.122. The summed E-state index contributed by atoms with van der Waals surface area (Å²) >= 11 is 0. The molecule has 2 rings (SSSR count). The maximum Gasteiger partial charge on any atom is 0.358 e. The number of nitrogens with zero attached hydrogens (tertiary/aromatic N) is 3. The molecular formula is C12H10F2N4O3. The molecule has 0 unspecified atom stereocenters. The van der Waals surface area contributed by atoms with Crippen LogP contribution in [0, 0.1) is 11.6 Å². The predicted octanol–water partition coefficient (Wildman–Crippen LogP) is 0.571. The zero-order valence-corrected chi connectivity index (χ0v) is 10.6. The summed E-state index contributed by atoms with van der Waals surface area (Å²) in [4.78, 5) is 22.2. The monoisotopic (exact) mass is 296 g/mol. The van der Waals surface area contributed by atoms with Gasteiger partial charge in [0.2, 0.25) is 5.91 Å². The van der Waals surface area contributed by atoms with Gasteiger partial charge in [0.25, 0.3) is 0 Å². The highest BCUT2D eigenvalue weighted by Gasteiger charge is 2.11. The van der Waals surface area contributed by atoms with Crippen molar-refractivity contribution >= 4 is 11.9 Å². The molecule has 0 aliphatic rings. The van der Waals surface area contributed by atoms with Gasteiger partial charge in [-0.05, 0) is 6.07 Å². The molecule has 0 fully saturated rings. The first-order valence-corrected chi connectivity index (χ1v) is 5.80. The van der Waals surface area contributed by atoms with Crippen LogP contribution in [0.25, 0.3) is 0 Å². The van der Waals surface area contributed by atoms with E-state index in [4.69, 9.17) is 5.11 Å². The summed E-state index contributed by atoms with van der Waals surface area (Å²) in [5.74, 6) is -3.23. The van der Waals surface area contributed by atoms with Crippen LogP contribution in [0.2, 0.25) is 0 Å². The Labute approximate surface area is 117 Å². The van der Waals surface area contributed by atoms with Gasteiger partial charge >= 0.3 is 5.97 Å². The van der Waals surface area contributed by atoms with Gasteiger partial charge in [0.15, 0.2) is 5.69 Å². The SMILES string of the molecule is O=C(Cn1cc(C(=O)O)nn1)NCc1ccc(F)cc1F. The smallest absolute Gasteiger partial charge is 0.358 e. The van der Waals surface area contributed by atoms with E-state index in [1.54, 1.807) is 0 Å². The fourth-order valence-electron chi connectivity index (χ4n) is 1.54. The molecule has 0 bridgehead atoms. The van der Waals surface area contributed by atoms with Crippen LogP contribution in [0.4, 0.5) is 8.78 Å². The molecule has 1 aromatic carbocycles. The van der Waals surface area contributed by atoms with Gasteiger partial charge in [-0.25, -0.2) is 18.3 Å². The second-order valence-corrected chi connectivity index (χ2v) is 4.12. The zero-order valence-electron chi connectivity index (χ0n) is 10.6. The summed E-state index contributed by atoms with van der Waals surface area (Å²) < 4.78 is 27.1. The quantitative estimate of drug-likeness (QED) is 0.840. The molecule has 0 spiro atoms. The predicted molar refractivity (Wildman–Crippen MR) is 65.2 cm³/mol. The molecule has 0 saturated heterocycles. The summed E-state index contributed by atoms with van der Waals surface area (Å²) in [6.45, 7) is -0.380. The number of carbonyl (C=O) groups is 2. The number of carbonyl (C=O) groups excluding carboxylic acids is 1. The van der Waals surface area contributed by atoms with Gasteiger partial charge in [0.05, 0.1) is 6.20 Å². The number of amides is 1. The van der Waals surface area contributed by atoms with E-state index in [2.05, 4.69) is 15.6 Å². The molecule has 21 heavy (non-hydrogen) atoms. The van der Waals surface area contributed by atoms with Crippen LogP contribution in [0.1, 0.15) is 16.1 Å². The first-order chi connectivity index (χ1) is 9.95. The lowest BCUT2D eigenvalue weighted by Gasteiger charge is -2.06. The molecule has 0 atom stereocenters. The molecule has 0 aliphatic carbocycles. The van der Waals surface area contributed by atoms with Crippen molar-refractivity contribution in [2.24, 2.45) is 0 Å². The van der Waals surface area contributed by atoms with Crippen LogP contribution in [-0.2, 0) is 17.9 Å². The maximum atomic E-state index is 13.3. The molecule has 1 amide bonds. The number of rotatable bonds is 5. The number of hydrogen-bond donors (Lipinski definition) is 2. The lowest BCUT2D eigenvalue weighted by atomic mass is 10.2. The summed E-state index contributed by atoms with van der Waals surface area (Å²) in [7, 11) is 0. The Hall–Kier alpha value is -2.84. The van der Waals surface area contributed by atoms with E-state index in [9.17, 15) is 18.4 Å². The van der Waals surface area contributed by atoms with Gasteiger partial charge in [-0.1, -0.05) is 11.3 Å². The third-order valence-electron chi connectivity index (χ3n) is 2.55. The number of benzene rings is 1. The van der Waals surface area contributed by atoms with Gasteiger partial charge < -0.3 is 10.4 Å². The van der Waals surface area contributed by atoms with Crippen LogP contribution >= 0.6 is 0 Å². The minimum absolute atomic E-state index is 0.120. The second kappa shape index (κ2) is 6.07. The summed E-state index contributed by atoms with van der Waals surface area (Å²) in [5, 5.41) is 17.9. The Kier molecular flexibility index (Phi) is 4.21. The molecule has 110 valence electrons. The first-order valence-electron chi connectivity index (χ1n) is 5.80. The van der Waals surface area contributed by atoms with Crippen molar-refractivity contribution in [1.82, 2.24) is 20.3 Å². The zero-order chi connectivity index (χ0) is 15.4. The third kappa shape index (κ3) is 3.81. The van der Waals surface area contributed by atoms with Crippen molar-refractivity contribution in [3.8, 4) is 0 Å². The Morgan fingerprint density at radius 2 is 2.10 bits per heavy atom. The molecule has 9 heteroatoms. The van der Waals surface area contributed by atoms with Crippen molar-refractivity contribution in [3.05, 3.63) is 47.3 Å². The highest BCUT2D eigenvalue weighted by atomic mass is 19.1. The number of hydrogen-bond acceptors (Lipinski definition) is 4. The van der Waals surface area contributed by atoms with E-state index in [1.165, 1.54) is 6.07 Å². The highest BCUT2D eigenvalue weighted by molar-refractivity contribution is 5.84. The van der Waals surface area contributed by atoms with E-state index in [0.29, 0.717) is 0 Å². The first kappa shape index (κ1) is 14.6. The number of aromatic nitrogens is 3. The molecule has 0 aliphatic heterocycles. The number of carboxylic acids is 1. The van der Waals surface area contributed by atoms with Crippen molar-refractivity contribution in [2.75, 3.05) is 0 Å². The minimum atomic E-state index is -1.25. The molecule has 2 N–H and O–H groups in total. The Bertz CT molecular complexity index is 687. The van der Waals surface area contributed by atoms with Crippen LogP contribution in [-0.4, -0.2) is 32.0 Å². The fourth-order valence-corrected chi connectivity index (χ4v) is 1.54. The molecule has 2 aromatic rings. The van der Waals surface area contributed by atoms with Gasteiger partial charge in [-0.2, -0.15) is 0 Å². The molecule has 0 saturated carbocycles. The third-order valence-corrected chi connectivity index (χ3v) is 2.55. The Morgan fingerprint density at radius 1 is 1.33 bits per heavy atom. The van der Waals surface area contributed by atoms with E-state index in [-0.39, 0.29) is 24.3 Å². The van der Waals surface area contributed by atoms with Crippen LogP contribution in [0.15, 0.2) is 24.4 Å². The van der Waals surface area contributed by atoms with Crippen molar-refractivity contribution in [3.63, 3.8) is 0 Å². The fraction of sp³-hybridized carbons (Fsp3) is 0.167. The van der Waals surface area contributed by atoms with Crippen molar-refractivity contribution in [2.45, 2.75) is 13.1 Å². The van der Waals surface area contributed by atoms with Crippen molar-refractivity contribution in [1.29, 1.82) is 0 Å². The molecular weight excluding hydrogens is 286 g/mol. The van der Waals surface area contributed by atoms with Gasteiger partial charge in [-0.3, -0.25) is 4.79 Å². The molecule has 1 aromatic heterocycles. The number of nitrogens with one attached hydrogen (secondary N) is 1. The molecule has 7 nitrogen and oxygen atoms in total. The van der Waals surface area contributed by atoms with E-state index in [1.807, 2.05) is 0 Å². The van der Waals surface area contributed by atoms with Gasteiger partial charge in [0.1, 0.15) is 18.2 Å². The number of carboxylic acid groups (broad SMARTS) is 1. The van der Waals surface area contributed by atoms with Crippen LogP contribution in [0.5, 0.6) is 0 Å². The molecule has 1 heterocycles. The topological polar surface area (TPSA) is 97.1 Å². The normalized spacial score (nSPS) is 10.4. The van der Waals surface area contributed by atoms with E-state index in [0.717, 1.165) is 23.0 Å². The van der Waals surface area contributed by atoms with E-state index >= 15 is 0 Å². The maximum absolute atomic E-state index is 13.3. The van der Waals surface area contributed by atoms with Crippen LogP contribution in [0.3, 0.4) is 0 Å². The van der Waals surface area contributed by atoms with Gasteiger partial charge in [0, 0.05) is 18.2 Å².